The zero-order valence-corrected chi connectivity index (χ0v) is 13.0. The first kappa shape index (κ1) is 15.3. The number of nitrogens with zero attached hydrogens (tertiary/aromatic N) is 2. The molecule has 0 radical (unpaired) electrons. The third-order valence-corrected chi connectivity index (χ3v) is 4.01. The minimum absolute atomic E-state index is 0.103. The fraction of sp³-hybridized carbons (Fsp3) is 0.250. The van der Waals surface area contributed by atoms with Gasteiger partial charge in [-0.15, -0.1) is 0 Å². The number of Topliss-reactive ketones (excluding diaryl/α,β-unsaturated/α-hetero) is 2. The molecule has 1 fully saturated rings. The maximum absolute atomic E-state index is 12.5. The SMILES string of the molecule is CC#CC(=O)NC1CN(C2=C(Cl)C(=O)c3cccnc3C2=O)C1. The van der Waals surface area contributed by atoms with Crippen molar-refractivity contribution in [2.24, 2.45) is 0 Å². The van der Waals surface area contributed by atoms with Crippen LogP contribution in [0, 0.1) is 11.8 Å². The maximum Gasteiger partial charge on any atom is 0.296 e. The van der Waals surface area contributed by atoms with Crippen molar-refractivity contribution in [2.45, 2.75) is 13.0 Å². The second-order valence-electron chi connectivity index (χ2n) is 5.17. The second kappa shape index (κ2) is 5.86. The molecule has 1 aliphatic heterocycles. The number of allylic oxidation sites excluding steroid dienone is 2. The van der Waals surface area contributed by atoms with Gasteiger partial charge in [0.05, 0.1) is 11.6 Å². The van der Waals surface area contributed by atoms with Crippen molar-refractivity contribution in [1.29, 1.82) is 0 Å². The molecule has 1 amide bonds. The van der Waals surface area contributed by atoms with Gasteiger partial charge in [0.2, 0.25) is 11.6 Å². The van der Waals surface area contributed by atoms with E-state index in [1.807, 2.05) is 0 Å². The number of carbonyl (C=O) groups is 3. The van der Waals surface area contributed by atoms with Crippen molar-refractivity contribution in [3.8, 4) is 11.8 Å². The van der Waals surface area contributed by atoms with Gasteiger partial charge in [-0.1, -0.05) is 17.5 Å². The highest BCUT2D eigenvalue weighted by Gasteiger charge is 2.40. The number of rotatable bonds is 2. The Hall–Kier alpha value is -2.65. The Morgan fingerprint density at radius 2 is 2.13 bits per heavy atom. The zero-order valence-electron chi connectivity index (χ0n) is 12.2. The van der Waals surface area contributed by atoms with Gasteiger partial charge in [0.25, 0.3) is 5.91 Å². The van der Waals surface area contributed by atoms with Gasteiger partial charge in [-0.3, -0.25) is 19.4 Å². The first-order chi connectivity index (χ1) is 11.0. The summed E-state index contributed by atoms with van der Waals surface area (Å²) < 4.78 is 0. The van der Waals surface area contributed by atoms with Crippen molar-refractivity contribution >= 4 is 29.1 Å². The average molecular weight is 330 g/mol. The first-order valence-corrected chi connectivity index (χ1v) is 7.33. The lowest BCUT2D eigenvalue weighted by molar-refractivity contribution is -0.117. The molecule has 1 aromatic heterocycles. The van der Waals surface area contributed by atoms with Gasteiger partial charge >= 0.3 is 0 Å². The Balaban J connectivity index is 1.78. The summed E-state index contributed by atoms with van der Waals surface area (Å²) in [7, 11) is 0. The third kappa shape index (κ3) is 2.60. The molecule has 0 atom stereocenters. The monoisotopic (exact) mass is 329 g/mol. The quantitative estimate of drug-likeness (QED) is 0.809. The first-order valence-electron chi connectivity index (χ1n) is 6.95. The van der Waals surface area contributed by atoms with Crippen LogP contribution < -0.4 is 5.32 Å². The van der Waals surface area contributed by atoms with Crippen LogP contribution in [-0.4, -0.2) is 46.5 Å². The Labute approximate surface area is 137 Å². The molecular weight excluding hydrogens is 318 g/mol. The second-order valence-corrected chi connectivity index (χ2v) is 5.55. The van der Waals surface area contributed by atoms with Gasteiger partial charge in [0.1, 0.15) is 16.4 Å². The number of carbonyl (C=O) groups excluding carboxylic acids is 3. The average Bonchev–Trinajstić information content (AvgIpc) is 2.50. The minimum atomic E-state index is -0.409. The van der Waals surface area contributed by atoms with E-state index in [-0.39, 0.29) is 39.7 Å². The predicted molar refractivity (Wildman–Crippen MR) is 82.7 cm³/mol. The number of fused-ring (bicyclic) bond motifs is 1. The molecule has 1 aromatic rings. The van der Waals surface area contributed by atoms with E-state index in [0.29, 0.717) is 13.1 Å². The van der Waals surface area contributed by atoms with Crippen LogP contribution in [0.4, 0.5) is 0 Å². The van der Waals surface area contributed by atoms with E-state index in [0.717, 1.165) is 0 Å². The van der Waals surface area contributed by atoms with E-state index in [9.17, 15) is 14.4 Å². The van der Waals surface area contributed by atoms with Gasteiger partial charge in [-0.25, -0.2) is 0 Å². The number of amides is 1. The van der Waals surface area contributed by atoms with Crippen molar-refractivity contribution in [2.75, 3.05) is 13.1 Å². The fourth-order valence-electron chi connectivity index (χ4n) is 2.58. The number of nitrogens with one attached hydrogen (secondary N) is 1. The molecule has 1 N–H and O–H groups in total. The number of aromatic nitrogens is 1. The highest BCUT2D eigenvalue weighted by Crippen LogP contribution is 2.31. The Kier molecular flexibility index (Phi) is 3.89. The van der Waals surface area contributed by atoms with Crippen molar-refractivity contribution in [1.82, 2.24) is 15.2 Å². The molecule has 1 saturated heterocycles. The zero-order chi connectivity index (χ0) is 16.6. The molecule has 116 valence electrons. The summed E-state index contributed by atoms with van der Waals surface area (Å²) in [6, 6.07) is 2.99. The third-order valence-electron chi connectivity index (χ3n) is 3.66. The maximum atomic E-state index is 12.5. The molecule has 0 spiro atoms. The molecule has 3 rings (SSSR count). The Bertz CT molecular complexity index is 813. The van der Waals surface area contributed by atoms with Crippen LogP contribution >= 0.6 is 11.6 Å². The van der Waals surface area contributed by atoms with Crippen LogP contribution in [0.15, 0.2) is 29.1 Å². The Morgan fingerprint density at radius 3 is 2.83 bits per heavy atom. The number of hydrogen-bond donors (Lipinski definition) is 1. The molecule has 0 bridgehead atoms. The Morgan fingerprint density at radius 1 is 1.39 bits per heavy atom. The van der Waals surface area contributed by atoms with Crippen LogP contribution in [0.5, 0.6) is 0 Å². The number of likely N-dealkylation sites (tertiary alicyclic amines) is 1. The summed E-state index contributed by atoms with van der Waals surface area (Å²) in [4.78, 5) is 41.9. The molecule has 2 heterocycles. The van der Waals surface area contributed by atoms with Gasteiger partial charge in [0.15, 0.2) is 0 Å². The summed E-state index contributed by atoms with van der Waals surface area (Å²) in [5.41, 5.74) is 0.478. The minimum Gasteiger partial charge on any atom is -0.363 e. The summed E-state index contributed by atoms with van der Waals surface area (Å²) in [5.74, 6) is 3.76. The van der Waals surface area contributed by atoms with Crippen molar-refractivity contribution in [3.05, 3.63) is 40.3 Å². The largest absolute Gasteiger partial charge is 0.363 e. The highest BCUT2D eigenvalue weighted by molar-refractivity contribution is 6.49. The van der Waals surface area contributed by atoms with E-state index in [4.69, 9.17) is 11.6 Å². The van der Waals surface area contributed by atoms with Crippen LogP contribution in [0.25, 0.3) is 0 Å². The van der Waals surface area contributed by atoms with E-state index >= 15 is 0 Å². The molecule has 7 heteroatoms. The lowest BCUT2D eigenvalue weighted by atomic mass is 9.94. The van der Waals surface area contributed by atoms with Crippen molar-refractivity contribution in [3.63, 3.8) is 0 Å². The fourth-order valence-corrected chi connectivity index (χ4v) is 2.88. The topological polar surface area (TPSA) is 79.4 Å². The molecule has 2 aliphatic rings. The molecule has 0 unspecified atom stereocenters. The lowest BCUT2D eigenvalue weighted by Gasteiger charge is -2.42. The lowest BCUT2D eigenvalue weighted by Crippen LogP contribution is -2.59. The summed E-state index contributed by atoms with van der Waals surface area (Å²) in [5, 5.41) is 2.61. The normalized spacial score (nSPS) is 17.2. The van der Waals surface area contributed by atoms with E-state index in [1.54, 1.807) is 17.9 Å². The highest BCUT2D eigenvalue weighted by atomic mass is 35.5. The van der Waals surface area contributed by atoms with Crippen molar-refractivity contribution < 1.29 is 14.4 Å². The molecule has 6 nitrogen and oxygen atoms in total. The predicted octanol–water partition coefficient (Wildman–Crippen LogP) is 0.735. The van der Waals surface area contributed by atoms with E-state index in [2.05, 4.69) is 22.1 Å². The molecular formula is C16H12ClN3O3. The van der Waals surface area contributed by atoms with Gasteiger partial charge in [-0.05, 0) is 25.0 Å². The van der Waals surface area contributed by atoms with Crippen LogP contribution in [0.3, 0.4) is 0 Å². The van der Waals surface area contributed by atoms with Gasteiger partial charge < -0.3 is 10.2 Å². The van der Waals surface area contributed by atoms with Crippen LogP contribution in [0.2, 0.25) is 0 Å². The number of pyridine rings is 1. The molecule has 23 heavy (non-hydrogen) atoms. The van der Waals surface area contributed by atoms with E-state index in [1.165, 1.54) is 12.3 Å². The van der Waals surface area contributed by atoms with Gasteiger partial charge in [0, 0.05) is 19.3 Å². The smallest absolute Gasteiger partial charge is 0.296 e. The molecule has 0 aromatic carbocycles. The summed E-state index contributed by atoms with van der Waals surface area (Å²) in [6.45, 7) is 2.36. The number of ketones is 2. The van der Waals surface area contributed by atoms with Gasteiger partial charge in [-0.2, -0.15) is 0 Å². The number of hydrogen-bond acceptors (Lipinski definition) is 5. The molecule has 0 saturated carbocycles. The summed E-state index contributed by atoms with van der Waals surface area (Å²) in [6.07, 6.45) is 1.46. The van der Waals surface area contributed by atoms with Crippen LogP contribution in [0.1, 0.15) is 27.8 Å². The van der Waals surface area contributed by atoms with E-state index < -0.39 is 5.78 Å². The summed E-state index contributed by atoms with van der Waals surface area (Å²) >= 11 is 6.10. The van der Waals surface area contributed by atoms with Crippen LogP contribution in [-0.2, 0) is 4.79 Å². The molecule has 1 aliphatic carbocycles. The number of halogens is 1. The standard InChI is InChI=1S/C16H12ClN3O3/c1-2-4-11(21)19-9-7-20(8-9)14-12(17)15(22)10-5-3-6-18-13(10)16(14)23/h3,5-6,9H,7-8H2,1H3,(H,19,21).